The van der Waals surface area contributed by atoms with Crippen molar-refractivity contribution < 1.29 is 31.9 Å². The zero-order chi connectivity index (χ0) is 20.3. The van der Waals surface area contributed by atoms with Crippen LogP contribution in [0, 0.1) is 0 Å². The second-order valence-electron chi connectivity index (χ2n) is 6.22. The second kappa shape index (κ2) is 8.24. The minimum absolute atomic E-state index is 0.305. The molecule has 0 aromatic heterocycles. The topological polar surface area (TPSA) is 79.2 Å². The number of hydrogen-bond acceptors (Lipinski definition) is 5. The molecular weight excluding hydrogens is 339 g/mol. The molecule has 0 saturated carbocycles. The number of halogens is 1. The average Bonchev–Trinajstić information content (AvgIpc) is 2.74. The lowest BCUT2D eigenvalue weighted by molar-refractivity contribution is -0.304. The molecule has 1 saturated heterocycles. The lowest BCUT2D eigenvalue weighted by atomic mass is 9.79. The minimum Gasteiger partial charge on any atom is -0.387 e. The van der Waals surface area contributed by atoms with E-state index in [0.29, 0.717) is 11.1 Å². The fourth-order valence-corrected chi connectivity index (χ4v) is 2.89. The van der Waals surface area contributed by atoms with Gasteiger partial charge in [0.1, 0.15) is 23.9 Å². The molecule has 0 amide bonds. The van der Waals surface area contributed by atoms with Crippen molar-refractivity contribution in [2.45, 2.75) is 43.3 Å². The summed E-state index contributed by atoms with van der Waals surface area (Å²) < 4.78 is 40.9. The van der Waals surface area contributed by atoms with Crippen LogP contribution in [0.5, 0.6) is 0 Å². The lowest BCUT2D eigenvalue weighted by Gasteiger charge is -2.46. The first kappa shape index (κ1) is 16.4. The van der Waals surface area contributed by atoms with Gasteiger partial charge in [-0.05, 0) is 11.1 Å². The van der Waals surface area contributed by atoms with Crippen molar-refractivity contribution in [2.24, 2.45) is 0 Å². The molecule has 3 N–H and O–H groups in total. The van der Waals surface area contributed by atoms with E-state index in [9.17, 15) is 19.7 Å². The number of benzene rings is 2. The largest absolute Gasteiger partial charge is 0.387 e. The highest BCUT2D eigenvalue weighted by molar-refractivity contribution is 5.20. The van der Waals surface area contributed by atoms with E-state index in [-0.39, 0.29) is 0 Å². The molecule has 2 aromatic rings. The van der Waals surface area contributed by atoms with Gasteiger partial charge in [0.2, 0.25) is 6.36 Å². The molecule has 1 heterocycles. The lowest BCUT2D eigenvalue weighted by Crippen LogP contribution is -2.67. The van der Waals surface area contributed by atoms with Crippen LogP contribution in [0.3, 0.4) is 0 Å². The van der Waals surface area contributed by atoms with Gasteiger partial charge in [-0.25, -0.2) is 4.39 Å². The van der Waals surface area contributed by atoms with Crippen LogP contribution in [0.4, 0.5) is 4.39 Å². The third-order valence-corrected chi connectivity index (χ3v) is 4.33. The predicted octanol–water partition coefficient (Wildman–Crippen LogP) is 1.59. The SMILES string of the molecule is [2H]C(OC[C@H]1OC(F)[C@@H](O)[C@](O)(C([2H])c2ccccc2)[C@@H]1O)c1ccccc1. The van der Waals surface area contributed by atoms with Crippen LogP contribution in [-0.4, -0.2) is 52.2 Å². The molecular formula is C20H23FO5. The Morgan fingerprint density at radius 2 is 1.58 bits per heavy atom. The summed E-state index contributed by atoms with van der Waals surface area (Å²) in [4.78, 5) is 0. The van der Waals surface area contributed by atoms with Gasteiger partial charge in [0.25, 0.3) is 0 Å². The quantitative estimate of drug-likeness (QED) is 0.726. The fraction of sp³-hybridized carbons (Fsp3) is 0.400. The maximum absolute atomic E-state index is 14.3. The van der Waals surface area contributed by atoms with Crippen molar-refractivity contribution >= 4 is 0 Å². The Morgan fingerprint density at radius 3 is 2.19 bits per heavy atom. The van der Waals surface area contributed by atoms with Crippen LogP contribution in [0.25, 0.3) is 0 Å². The molecule has 6 heteroatoms. The molecule has 26 heavy (non-hydrogen) atoms. The van der Waals surface area contributed by atoms with Gasteiger partial charge in [0.15, 0.2) is 0 Å². The van der Waals surface area contributed by atoms with Crippen molar-refractivity contribution in [1.82, 2.24) is 0 Å². The number of hydrogen-bond donors (Lipinski definition) is 3. The van der Waals surface area contributed by atoms with E-state index in [0.717, 1.165) is 0 Å². The third-order valence-electron chi connectivity index (χ3n) is 4.33. The zero-order valence-corrected chi connectivity index (χ0v) is 14.0. The normalized spacial score (nSPS) is 35.2. The summed E-state index contributed by atoms with van der Waals surface area (Å²) in [5.41, 5.74) is -1.65. The second-order valence-corrected chi connectivity index (χ2v) is 6.22. The first-order valence-corrected chi connectivity index (χ1v) is 8.29. The van der Waals surface area contributed by atoms with Gasteiger partial charge in [-0.2, -0.15) is 0 Å². The molecule has 7 atom stereocenters. The van der Waals surface area contributed by atoms with Crippen LogP contribution in [0.2, 0.25) is 0 Å². The first-order valence-electron chi connectivity index (χ1n) is 9.45. The van der Waals surface area contributed by atoms with Gasteiger partial charge in [-0.15, -0.1) is 0 Å². The van der Waals surface area contributed by atoms with Crippen LogP contribution < -0.4 is 0 Å². The molecule has 2 aromatic carbocycles. The van der Waals surface area contributed by atoms with E-state index in [2.05, 4.69) is 0 Å². The van der Waals surface area contributed by atoms with Gasteiger partial charge in [-0.1, -0.05) is 60.7 Å². The van der Waals surface area contributed by atoms with Crippen LogP contribution >= 0.6 is 0 Å². The van der Waals surface area contributed by atoms with E-state index in [1.165, 1.54) is 0 Å². The molecule has 1 aliphatic heterocycles. The van der Waals surface area contributed by atoms with Gasteiger partial charge in [0.05, 0.1) is 14.6 Å². The van der Waals surface area contributed by atoms with E-state index in [1.54, 1.807) is 60.7 Å². The van der Waals surface area contributed by atoms with Gasteiger partial charge < -0.3 is 24.8 Å². The Kier molecular flexibility index (Phi) is 5.18. The maximum Gasteiger partial charge on any atom is 0.228 e. The van der Waals surface area contributed by atoms with Crippen LogP contribution in [0.15, 0.2) is 60.7 Å². The summed E-state index contributed by atoms with van der Waals surface area (Å²) in [7, 11) is 0. The Labute approximate surface area is 154 Å². The molecule has 0 bridgehead atoms. The molecule has 0 radical (unpaired) electrons. The number of aliphatic hydroxyl groups is 3. The zero-order valence-electron chi connectivity index (χ0n) is 16.0. The van der Waals surface area contributed by atoms with Crippen molar-refractivity contribution in [3.8, 4) is 0 Å². The summed E-state index contributed by atoms with van der Waals surface area (Å²) in [6, 6.07) is 16.7. The predicted molar refractivity (Wildman–Crippen MR) is 93.0 cm³/mol. The molecule has 3 unspecified atom stereocenters. The van der Waals surface area contributed by atoms with Crippen molar-refractivity contribution in [2.75, 3.05) is 6.61 Å². The summed E-state index contributed by atoms with van der Waals surface area (Å²) >= 11 is 0. The highest BCUT2D eigenvalue weighted by Gasteiger charge is 2.55. The Balaban J connectivity index is 1.76. The minimum atomic E-state index is -2.52. The summed E-state index contributed by atoms with van der Waals surface area (Å²) in [5.74, 6) is 0. The number of alkyl halides is 1. The van der Waals surface area contributed by atoms with E-state index >= 15 is 0 Å². The van der Waals surface area contributed by atoms with Crippen LogP contribution in [-0.2, 0) is 22.5 Å². The molecule has 1 aliphatic rings. The van der Waals surface area contributed by atoms with Crippen molar-refractivity contribution in [3.05, 3.63) is 71.8 Å². The molecule has 3 rings (SSSR count). The monoisotopic (exact) mass is 364 g/mol. The van der Waals surface area contributed by atoms with Gasteiger partial charge in [0, 0.05) is 7.77 Å². The number of aliphatic hydroxyl groups excluding tert-OH is 2. The van der Waals surface area contributed by atoms with Crippen LogP contribution in [0.1, 0.15) is 13.9 Å². The van der Waals surface area contributed by atoms with Gasteiger partial charge >= 0.3 is 0 Å². The average molecular weight is 364 g/mol. The number of rotatable bonds is 6. The number of ether oxygens (including phenoxy) is 2. The Hall–Kier alpha value is -1.83. The fourth-order valence-electron chi connectivity index (χ4n) is 2.89. The smallest absolute Gasteiger partial charge is 0.228 e. The van der Waals surface area contributed by atoms with E-state index in [4.69, 9.17) is 12.2 Å². The molecule has 1 fully saturated rings. The summed E-state index contributed by atoms with van der Waals surface area (Å²) in [6.07, 6.45) is -9.14. The molecule has 0 spiro atoms. The van der Waals surface area contributed by atoms with Crippen molar-refractivity contribution in [3.63, 3.8) is 0 Å². The summed E-state index contributed by atoms with van der Waals surface area (Å²) in [5, 5.41) is 31.7. The maximum atomic E-state index is 14.3. The van der Waals surface area contributed by atoms with E-state index < -0.39 is 49.9 Å². The summed E-state index contributed by atoms with van der Waals surface area (Å²) in [6.45, 7) is -1.50. The molecule has 140 valence electrons. The third kappa shape index (κ3) is 4.11. The van der Waals surface area contributed by atoms with Gasteiger partial charge in [-0.3, -0.25) is 0 Å². The molecule has 5 nitrogen and oxygen atoms in total. The van der Waals surface area contributed by atoms with Crippen molar-refractivity contribution in [1.29, 1.82) is 0 Å². The highest BCUT2D eigenvalue weighted by atomic mass is 19.1. The highest BCUT2D eigenvalue weighted by Crippen LogP contribution is 2.33. The Bertz CT molecular complexity index is 753. The Morgan fingerprint density at radius 1 is 1.00 bits per heavy atom. The standard InChI is InChI=1S/C20H23FO5/c21-19-18(23)20(24,11-14-7-3-1-4-8-14)17(22)16(26-19)13-25-12-15-9-5-2-6-10-15/h1-10,16-19,22-24H,11-13H2/t16-,17-,18-,19?,20+/m1/s1/i11D,12D/t11?,12?,16-,17-,18-,19?,20+. The first-order chi connectivity index (χ1) is 13.4. The molecule has 0 aliphatic carbocycles. The van der Waals surface area contributed by atoms with E-state index in [1.807, 2.05) is 0 Å².